The number of aromatic nitrogens is 1. The van der Waals surface area contributed by atoms with Gasteiger partial charge in [0.2, 0.25) is 0 Å². The van der Waals surface area contributed by atoms with Gasteiger partial charge in [-0.05, 0) is 57.2 Å². The molecule has 0 aromatic carbocycles. The summed E-state index contributed by atoms with van der Waals surface area (Å²) >= 11 is 0. The zero-order valence-corrected chi connectivity index (χ0v) is 13.1. The quantitative estimate of drug-likeness (QED) is 0.832. The molecule has 21 heavy (non-hydrogen) atoms. The van der Waals surface area contributed by atoms with Crippen LogP contribution in [0.1, 0.15) is 39.2 Å². The molecule has 2 heterocycles. The molecule has 1 amide bonds. The molecule has 0 spiro atoms. The first kappa shape index (κ1) is 15.5. The Morgan fingerprint density at radius 2 is 1.90 bits per heavy atom. The first-order chi connectivity index (χ1) is 9.94. The van der Waals surface area contributed by atoms with Crippen molar-refractivity contribution < 1.29 is 9.53 Å². The summed E-state index contributed by atoms with van der Waals surface area (Å²) in [6, 6.07) is 3.98. The maximum atomic E-state index is 12.0. The molecule has 4 nitrogen and oxygen atoms in total. The average Bonchev–Trinajstić information content (AvgIpc) is 2.45. The minimum absolute atomic E-state index is 0.195. The first-order valence-electron chi connectivity index (χ1n) is 7.50. The molecule has 0 atom stereocenters. The SMILES string of the molecule is CC(C)(C)OC(=O)N1CCC(C=Cc2ccncc2)CC1. The summed E-state index contributed by atoms with van der Waals surface area (Å²) in [5, 5.41) is 0. The second kappa shape index (κ2) is 6.74. The second-order valence-corrected chi connectivity index (χ2v) is 6.44. The van der Waals surface area contributed by atoms with Crippen molar-refractivity contribution >= 4 is 12.2 Å². The van der Waals surface area contributed by atoms with Crippen molar-refractivity contribution in [2.24, 2.45) is 5.92 Å². The van der Waals surface area contributed by atoms with Gasteiger partial charge in [0.15, 0.2) is 0 Å². The molecule has 2 rings (SSSR count). The van der Waals surface area contributed by atoms with Crippen LogP contribution in [0, 0.1) is 5.92 Å². The van der Waals surface area contributed by atoms with Crippen LogP contribution in [0.25, 0.3) is 6.08 Å². The zero-order valence-electron chi connectivity index (χ0n) is 13.1. The Morgan fingerprint density at radius 3 is 2.48 bits per heavy atom. The molecule has 0 N–H and O–H groups in total. The van der Waals surface area contributed by atoms with Gasteiger partial charge in [-0.3, -0.25) is 4.98 Å². The summed E-state index contributed by atoms with van der Waals surface area (Å²) in [4.78, 5) is 17.8. The van der Waals surface area contributed by atoms with Crippen molar-refractivity contribution in [1.29, 1.82) is 0 Å². The van der Waals surface area contributed by atoms with E-state index in [1.165, 1.54) is 5.56 Å². The van der Waals surface area contributed by atoms with Gasteiger partial charge in [0.05, 0.1) is 0 Å². The Labute approximate surface area is 126 Å². The Bertz CT molecular complexity index is 483. The number of carbonyl (C=O) groups is 1. The van der Waals surface area contributed by atoms with Gasteiger partial charge in [-0.1, -0.05) is 12.2 Å². The van der Waals surface area contributed by atoms with Crippen LogP contribution in [-0.2, 0) is 4.74 Å². The Hall–Kier alpha value is -1.84. The highest BCUT2D eigenvalue weighted by Crippen LogP contribution is 2.21. The van der Waals surface area contributed by atoms with Crippen LogP contribution in [0.3, 0.4) is 0 Å². The highest BCUT2D eigenvalue weighted by Gasteiger charge is 2.25. The molecule has 0 saturated carbocycles. The number of pyridine rings is 1. The maximum absolute atomic E-state index is 12.0. The third-order valence-corrected chi connectivity index (χ3v) is 3.46. The van der Waals surface area contributed by atoms with Crippen LogP contribution < -0.4 is 0 Å². The summed E-state index contributed by atoms with van der Waals surface area (Å²) in [6.07, 6.45) is 9.74. The molecule has 1 aromatic rings. The van der Waals surface area contributed by atoms with Gasteiger partial charge in [-0.15, -0.1) is 0 Å². The summed E-state index contributed by atoms with van der Waals surface area (Å²) in [6.45, 7) is 7.22. The van der Waals surface area contributed by atoms with Gasteiger partial charge in [0, 0.05) is 25.5 Å². The molecule has 1 aliphatic heterocycles. The molecular weight excluding hydrogens is 264 g/mol. The van der Waals surface area contributed by atoms with E-state index >= 15 is 0 Å². The van der Waals surface area contributed by atoms with E-state index in [-0.39, 0.29) is 6.09 Å². The van der Waals surface area contributed by atoms with E-state index < -0.39 is 5.60 Å². The predicted octanol–water partition coefficient (Wildman–Crippen LogP) is 3.74. The van der Waals surface area contributed by atoms with Gasteiger partial charge >= 0.3 is 6.09 Å². The number of piperidine rings is 1. The van der Waals surface area contributed by atoms with Gasteiger partial charge in [0.25, 0.3) is 0 Å². The molecule has 0 aliphatic carbocycles. The Balaban J connectivity index is 1.81. The van der Waals surface area contributed by atoms with Crippen LogP contribution in [0.15, 0.2) is 30.6 Å². The number of hydrogen-bond donors (Lipinski definition) is 0. The lowest BCUT2D eigenvalue weighted by Crippen LogP contribution is -2.41. The number of amides is 1. The average molecular weight is 288 g/mol. The molecule has 114 valence electrons. The number of hydrogen-bond acceptors (Lipinski definition) is 3. The topological polar surface area (TPSA) is 42.4 Å². The fraction of sp³-hybridized carbons (Fsp3) is 0.529. The zero-order chi connectivity index (χ0) is 15.3. The van der Waals surface area contributed by atoms with Crippen LogP contribution in [-0.4, -0.2) is 34.7 Å². The fourth-order valence-corrected chi connectivity index (χ4v) is 2.32. The van der Waals surface area contributed by atoms with Crippen molar-refractivity contribution in [2.45, 2.75) is 39.2 Å². The summed E-state index contributed by atoms with van der Waals surface area (Å²) in [7, 11) is 0. The van der Waals surface area contributed by atoms with E-state index in [4.69, 9.17) is 4.74 Å². The van der Waals surface area contributed by atoms with Crippen LogP contribution in [0.4, 0.5) is 4.79 Å². The summed E-state index contributed by atoms with van der Waals surface area (Å²) < 4.78 is 5.40. The third kappa shape index (κ3) is 5.21. The number of rotatable bonds is 2. The number of allylic oxidation sites excluding steroid dienone is 1. The van der Waals surface area contributed by atoms with Crippen molar-refractivity contribution in [3.8, 4) is 0 Å². The van der Waals surface area contributed by atoms with Gasteiger partial charge in [-0.2, -0.15) is 0 Å². The van der Waals surface area contributed by atoms with Gasteiger partial charge < -0.3 is 9.64 Å². The van der Waals surface area contributed by atoms with E-state index in [0.717, 1.165) is 25.9 Å². The normalized spacial score (nSPS) is 17.2. The number of ether oxygens (including phenoxy) is 1. The minimum Gasteiger partial charge on any atom is -0.444 e. The van der Waals surface area contributed by atoms with Crippen molar-refractivity contribution in [2.75, 3.05) is 13.1 Å². The number of nitrogens with zero attached hydrogens (tertiary/aromatic N) is 2. The summed E-state index contributed by atoms with van der Waals surface area (Å²) in [5.74, 6) is 0.525. The second-order valence-electron chi connectivity index (χ2n) is 6.44. The van der Waals surface area contributed by atoms with Crippen LogP contribution in [0.5, 0.6) is 0 Å². The third-order valence-electron chi connectivity index (χ3n) is 3.46. The molecule has 1 aliphatic rings. The standard InChI is InChI=1S/C17H24N2O2/c1-17(2,3)21-16(20)19-12-8-15(9-13-19)5-4-14-6-10-18-11-7-14/h4-7,10-11,15H,8-9,12-13H2,1-3H3. The lowest BCUT2D eigenvalue weighted by atomic mass is 9.96. The predicted molar refractivity (Wildman–Crippen MR) is 83.8 cm³/mol. The molecule has 0 radical (unpaired) electrons. The van der Waals surface area contributed by atoms with Crippen molar-refractivity contribution in [3.63, 3.8) is 0 Å². The van der Waals surface area contributed by atoms with E-state index in [1.807, 2.05) is 37.8 Å². The molecule has 1 fully saturated rings. The van der Waals surface area contributed by atoms with E-state index in [0.29, 0.717) is 5.92 Å². The maximum Gasteiger partial charge on any atom is 0.410 e. The minimum atomic E-state index is -0.421. The highest BCUT2D eigenvalue weighted by molar-refractivity contribution is 5.68. The highest BCUT2D eigenvalue weighted by atomic mass is 16.6. The Morgan fingerprint density at radius 1 is 1.29 bits per heavy atom. The molecule has 0 bridgehead atoms. The lowest BCUT2D eigenvalue weighted by molar-refractivity contribution is 0.0197. The van der Waals surface area contributed by atoms with E-state index in [1.54, 1.807) is 12.4 Å². The monoisotopic (exact) mass is 288 g/mol. The van der Waals surface area contributed by atoms with Crippen molar-refractivity contribution in [1.82, 2.24) is 9.88 Å². The largest absolute Gasteiger partial charge is 0.444 e. The molecule has 4 heteroatoms. The summed E-state index contributed by atoms with van der Waals surface area (Å²) in [5.41, 5.74) is 0.745. The number of carbonyl (C=O) groups excluding carboxylic acids is 1. The van der Waals surface area contributed by atoms with Crippen LogP contribution in [0.2, 0.25) is 0 Å². The molecule has 0 unspecified atom stereocenters. The van der Waals surface area contributed by atoms with Gasteiger partial charge in [0.1, 0.15) is 5.60 Å². The van der Waals surface area contributed by atoms with E-state index in [2.05, 4.69) is 17.1 Å². The smallest absolute Gasteiger partial charge is 0.410 e. The molecule has 1 saturated heterocycles. The Kier molecular flexibility index (Phi) is 4.99. The van der Waals surface area contributed by atoms with E-state index in [9.17, 15) is 4.79 Å². The lowest BCUT2D eigenvalue weighted by Gasteiger charge is -2.32. The van der Waals surface area contributed by atoms with Gasteiger partial charge in [-0.25, -0.2) is 4.79 Å². The first-order valence-corrected chi connectivity index (χ1v) is 7.50. The molecule has 1 aromatic heterocycles. The number of likely N-dealkylation sites (tertiary alicyclic amines) is 1. The van der Waals surface area contributed by atoms with Crippen LogP contribution >= 0.6 is 0 Å². The fourth-order valence-electron chi connectivity index (χ4n) is 2.32. The van der Waals surface area contributed by atoms with Crippen molar-refractivity contribution in [3.05, 3.63) is 36.2 Å². The molecular formula is C17H24N2O2.